The third-order valence-electron chi connectivity index (χ3n) is 3.93. The highest BCUT2D eigenvalue weighted by atomic mass is 16.6. The topological polar surface area (TPSA) is 120 Å². The van der Waals surface area contributed by atoms with E-state index < -0.39 is 54.5 Å². The number of nitrogens with zero attached hydrogens (tertiary/aromatic N) is 1. The van der Waals surface area contributed by atoms with Crippen LogP contribution < -0.4 is 5.32 Å². The van der Waals surface area contributed by atoms with Crippen LogP contribution in [0.5, 0.6) is 0 Å². The molecule has 0 aromatic heterocycles. The van der Waals surface area contributed by atoms with Gasteiger partial charge in [-0.05, 0) is 47.1 Å². The van der Waals surface area contributed by atoms with E-state index in [0.29, 0.717) is 0 Å². The molecule has 0 bridgehead atoms. The number of hydrogen-bond donors (Lipinski definition) is 1. The second kappa shape index (κ2) is 13.4. The van der Waals surface area contributed by atoms with E-state index in [2.05, 4.69) is 11.9 Å². The van der Waals surface area contributed by atoms with Crippen LogP contribution >= 0.6 is 0 Å². The lowest BCUT2D eigenvalue weighted by Gasteiger charge is -2.29. The van der Waals surface area contributed by atoms with Crippen LogP contribution in [0.1, 0.15) is 47.1 Å². The maximum atomic E-state index is 12.9. The van der Waals surface area contributed by atoms with Crippen molar-refractivity contribution in [2.45, 2.75) is 65.4 Å². The molecule has 0 saturated heterocycles. The second-order valence-electron chi connectivity index (χ2n) is 9.62. The molecule has 10 heteroatoms. The van der Waals surface area contributed by atoms with Crippen molar-refractivity contribution in [2.24, 2.45) is 0 Å². The normalized spacial score (nSPS) is 12.1. The quantitative estimate of drug-likeness (QED) is 0.299. The van der Waals surface area contributed by atoms with Gasteiger partial charge in [0.05, 0.1) is 6.54 Å². The lowest BCUT2D eigenvalue weighted by Crippen LogP contribution is -2.53. The predicted molar refractivity (Wildman–Crippen MR) is 128 cm³/mol. The summed E-state index contributed by atoms with van der Waals surface area (Å²) in [5, 5.41) is 2.42. The van der Waals surface area contributed by atoms with Crippen LogP contribution in [0.2, 0.25) is 0 Å². The fourth-order valence-electron chi connectivity index (χ4n) is 2.59. The van der Waals surface area contributed by atoms with Gasteiger partial charge >= 0.3 is 24.1 Å². The molecular weight excluding hydrogens is 456 g/mol. The van der Waals surface area contributed by atoms with Gasteiger partial charge in [0.2, 0.25) is 0 Å². The summed E-state index contributed by atoms with van der Waals surface area (Å²) in [6.45, 7) is 12.4. The molecule has 2 amide bonds. The van der Waals surface area contributed by atoms with Crippen molar-refractivity contribution in [3.8, 4) is 0 Å². The highest BCUT2D eigenvalue weighted by molar-refractivity contribution is 5.83. The highest BCUT2D eigenvalue weighted by Gasteiger charge is 2.33. The number of carbonyl (C=O) groups excluding carboxylic acids is 4. The van der Waals surface area contributed by atoms with Gasteiger partial charge in [0.15, 0.2) is 0 Å². The standard InChI is InChI=1S/C25H36N2O8/c1-8-14-32-20(28)16-27(23(31)33-17-18-12-10-9-11-13-18)15-19(21(29)34-24(2,3)4)26-22(30)35-25(5,6)7/h8-13,19H,1,14-17H2,2-7H3,(H,26,30)/t19-/m0/s1. The zero-order valence-corrected chi connectivity index (χ0v) is 21.3. The molecule has 1 aromatic carbocycles. The molecule has 0 radical (unpaired) electrons. The first-order valence-corrected chi connectivity index (χ1v) is 11.1. The van der Waals surface area contributed by atoms with Crippen molar-refractivity contribution < 1.29 is 38.1 Å². The van der Waals surface area contributed by atoms with E-state index in [1.54, 1.807) is 65.8 Å². The Bertz CT molecular complexity index is 872. The Hall–Kier alpha value is -3.56. The minimum atomic E-state index is -1.35. The van der Waals surface area contributed by atoms with E-state index in [-0.39, 0.29) is 13.2 Å². The zero-order valence-electron chi connectivity index (χ0n) is 21.3. The van der Waals surface area contributed by atoms with Crippen molar-refractivity contribution in [1.82, 2.24) is 10.2 Å². The number of carbonyl (C=O) groups is 4. The molecule has 10 nitrogen and oxygen atoms in total. The largest absolute Gasteiger partial charge is 0.460 e. The fourth-order valence-corrected chi connectivity index (χ4v) is 2.59. The van der Waals surface area contributed by atoms with E-state index >= 15 is 0 Å². The lowest BCUT2D eigenvalue weighted by molar-refractivity contribution is -0.158. The monoisotopic (exact) mass is 492 g/mol. The Morgan fingerprint density at radius 1 is 0.971 bits per heavy atom. The second-order valence-corrected chi connectivity index (χ2v) is 9.62. The van der Waals surface area contributed by atoms with Crippen LogP contribution in [-0.4, -0.2) is 66.0 Å². The molecule has 35 heavy (non-hydrogen) atoms. The molecule has 0 unspecified atom stereocenters. The molecule has 0 spiro atoms. The lowest BCUT2D eigenvalue weighted by atomic mass is 10.2. The Balaban J connectivity index is 3.09. The van der Waals surface area contributed by atoms with Gasteiger partial charge in [-0.15, -0.1) is 0 Å². The Kier molecular flexibility index (Phi) is 11.2. The SMILES string of the molecule is C=CCOC(=O)CN(C[C@H](NC(=O)OC(C)(C)C)C(=O)OC(C)(C)C)C(=O)OCc1ccccc1. The van der Waals surface area contributed by atoms with Crippen LogP contribution in [0, 0.1) is 0 Å². The molecular formula is C25H36N2O8. The fraction of sp³-hybridized carbons (Fsp3) is 0.520. The van der Waals surface area contributed by atoms with Crippen LogP contribution in [-0.2, 0) is 35.1 Å². The average molecular weight is 493 g/mol. The number of ether oxygens (including phenoxy) is 4. The summed E-state index contributed by atoms with van der Waals surface area (Å²) < 4.78 is 20.9. The summed E-state index contributed by atoms with van der Waals surface area (Å²) in [5.74, 6) is -1.56. The van der Waals surface area contributed by atoms with E-state index in [1.165, 1.54) is 6.08 Å². The van der Waals surface area contributed by atoms with Crippen LogP contribution in [0.4, 0.5) is 9.59 Å². The summed E-state index contributed by atoms with van der Waals surface area (Å²) in [4.78, 5) is 51.3. The number of benzene rings is 1. The minimum absolute atomic E-state index is 0.0581. The maximum Gasteiger partial charge on any atom is 0.410 e. The molecule has 1 aromatic rings. The molecule has 1 N–H and O–H groups in total. The zero-order chi connectivity index (χ0) is 26.6. The number of amides is 2. The first-order valence-electron chi connectivity index (χ1n) is 11.1. The maximum absolute atomic E-state index is 12.9. The molecule has 194 valence electrons. The first-order chi connectivity index (χ1) is 16.2. The van der Waals surface area contributed by atoms with Gasteiger partial charge in [-0.2, -0.15) is 0 Å². The summed E-state index contributed by atoms with van der Waals surface area (Å²) in [5.41, 5.74) is -0.969. The molecule has 1 atom stereocenters. The van der Waals surface area contributed by atoms with Gasteiger partial charge in [0, 0.05) is 0 Å². The summed E-state index contributed by atoms with van der Waals surface area (Å²) in [7, 11) is 0. The number of nitrogens with one attached hydrogen (secondary N) is 1. The third kappa shape index (κ3) is 13.0. The Morgan fingerprint density at radius 3 is 2.11 bits per heavy atom. The van der Waals surface area contributed by atoms with E-state index in [1.807, 2.05) is 6.07 Å². The van der Waals surface area contributed by atoms with Crippen molar-refractivity contribution in [1.29, 1.82) is 0 Å². The minimum Gasteiger partial charge on any atom is -0.460 e. The molecule has 0 aliphatic rings. The van der Waals surface area contributed by atoms with Gasteiger partial charge in [-0.3, -0.25) is 9.69 Å². The van der Waals surface area contributed by atoms with Crippen molar-refractivity contribution >= 4 is 24.1 Å². The molecule has 0 fully saturated rings. The van der Waals surface area contributed by atoms with Gasteiger partial charge in [0.1, 0.15) is 37.0 Å². The Labute approximate surface area is 206 Å². The summed E-state index contributed by atoms with van der Waals surface area (Å²) in [6, 6.07) is 7.59. The molecule has 0 saturated carbocycles. The summed E-state index contributed by atoms with van der Waals surface area (Å²) in [6.07, 6.45) is -0.395. The van der Waals surface area contributed by atoms with E-state index in [4.69, 9.17) is 18.9 Å². The molecule has 0 heterocycles. The first kappa shape index (κ1) is 29.5. The average Bonchev–Trinajstić information content (AvgIpc) is 2.73. The van der Waals surface area contributed by atoms with Gasteiger partial charge in [0.25, 0.3) is 0 Å². The third-order valence-corrected chi connectivity index (χ3v) is 3.93. The van der Waals surface area contributed by atoms with Crippen molar-refractivity contribution in [2.75, 3.05) is 19.7 Å². The van der Waals surface area contributed by atoms with E-state index in [0.717, 1.165) is 10.5 Å². The number of esters is 2. The van der Waals surface area contributed by atoms with Crippen molar-refractivity contribution in [3.05, 3.63) is 48.6 Å². The van der Waals surface area contributed by atoms with Crippen LogP contribution in [0.15, 0.2) is 43.0 Å². The van der Waals surface area contributed by atoms with E-state index in [9.17, 15) is 19.2 Å². The van der Waals surface area contributed by atoms with Crippen molar-refractivity contribution in [3.63, 3.8) is 0 Å². The van der Waals surface area contributed by atoms with Gasteiger partial charge < -0.3 is 24.3 Å². The molecule has 1 rings (SSSR count). The smallest absolute Gasteiger partial charge is 0.410 e. The molecule has 0 aliphatic carbocycles. The predicted octanol–water partition coefficient (Wildman–Crippen LogP) is 3.59. The Morgan fingerprint density at radius 2 is 1.57 bits per heavy atom. The summed E-state index contributed by atoms with van der Waals surface area (Å²) >= 11 is 0. The highest BCUT2D eigenvalue weighted by Crippen LogP contribution is 2.12. The van der Waals surface area contributed by atoms with Crippen LogP contribution in [0.3, 0.4) is 0 Å². The number of hydrogen-bond acceptors (Lipinski definition) is 8. The molecule has 0 aliphatic heterocycles. The number of alkyl carbamates (subject to hydrolysis) is 1. The van der Waals surface area contributed by atoms with Crippen LogP contribution in [0.25, 0.3) is 0 Å². The van der Waals surface area contributed by atoms with Gasteiger partial charge in [-0.25, -0.2) is 14.4 Å². The van der Waals surface area contributed by atoms with Gasteiger partial charge in [-0.1, -0.05) is 43.0 Å². The number of rotatable bonds is 10.